The van der Waals surface area contributed by atoms with Crippen LogP contribution in [0.2, 0.25) is 0 Å². The highest BCUT2D eigenvalue weighted by atomic mass is 79.9. The van der Waals surface area contributed by atoms with Gasteiger partial charge in [0.25, 0.3) is 5.92 Å². The summed E-state index contributed by atoms with van der Waals surface area (Å²) in [4.78, 5) is 35.0. The minimum absolute atomic E-state index is 0.0280. The molecule has 1 aromatic heterocycles. The molecule has 0 bridgehead atoms. The molecule has 0 aliphatic carbocycles. The lowest BCUT2D eigenvalue weighted by Gasteiger charge is -2.31. The number of aryl methyl sites for hydroxylation is 1. The Morgan fingerprint density at radius 1 is 1.34 bits per heavy atom. The summed E-state index contributed by atoms with van der Waals surface area (Å²) < 4.78 is 50.3. The molecule has 3 heterocycles. The number of hydrogen-bond acceptors (Lipinski definition) is 7. The van der Waals surface area contributed by atoms with E-state index in [1.54, 1.807) is 30.9 Å². The summed E-state index contributed by atoms with van der Waals surface area (Å²) in [6.45, 7) is 0.986. The normalized spacial score (nSPS) is 21.3. The number of carboxylic acid groups (broad SMARTS) is 1. The van der Waals surface area contributed by atoms with Crippen molar-refractivity contribution in [2.24, 2.45) is 12.0 Å². The number of amidine groups is 1. The van der Waals surface area contributed by atoms with Crippen molar-refractivity contribution in [3.05, 3.63) is 63.5 Å². The van der Waals surface area contributed by atoms with Crippen molar-refractivity contribution in [2.75, 3.05) is 19.7 Å². The Kier molecular flexibility index (Phi) is 8.26. The summed E-state index contributed by atoms with van der Waals surface area (Å²) in [5, 5.41) is 12.2. The second-order valence-electron chi connectivity index (χ2n) is 9.20. The summed E-state index contributed by atoms with van der Waals surface area (Å²) >= 11 is 3.36. The van der Waals surface area contributed by atoms with Gasteiger partial charge in [-0.25, -0.2) is 22.9 Å². The van der Waals surface area contributed by atoms with Crippen molar-refractivity contribution >= 4 is 33.7 Å². The van der Waals surface area contributed by atoms with E-state index in [4.69, 9.17) is 14.8 Å². The molecule has 2 N–H and O–H groups in total. The Balaban J connectivity index is 1.82. The quantitative estimate of drug-likeness (QED) is 0.423. The average molecular weight is 598 g/mol. The highest BCUT2D eigenvalue weighted by Gasteiger charge is 2.46. The first-order chi connectivity index (χ1) is 18.0. The number of ether oxygens (including phenoxy) is 1. The van der Waals surface area contributed by atoms with Crippen molar-refractivity contribution in [3.8, 4) is 0 Å². The molecule has 1 aromatic carbocycles. The molecule has 2 aromatic rings. The van der Waals surface area contributed by atoms with Gasteiger partial charge < -0.3 is 19.7 Å². The maximum absolute atomic E-state index is 14.5. The Morgan fingerprint density at radius 2 is 2.11 bits per heavy atom. The molecule has 204 valence electrons. The number of alkyl halides is 2. The van der Waals surface area contributed by atoms with Crippen LogP contribution in [0.25, 0.3) is 0 Å². The van der Waals surface area contributed by atoms with Gasteiger partial charge in [0.2, 0.25) is 0 Å². The zero-order chi connectivity index (χ0) is 27.6. The van der Waals surface area contributed by atoms with Gasteiger partial charge in [-0.2, -0.15) is 0 Å². The first kappa shape index (κ1) is 27.8. The van der Waals surface area contributed by atoms with E-state index in [9.17, 15) is 22.8 Å². The lowest BCUT2D eigenvalue weighted by molar-refractivity contribution is -0.139. The van der Waals surface area contributed by atoms with Crippen molar-refractivity contribution < 1.29 is 32.6 Å². The smallest absolute Gasteiger partial charge is 0.338 e. The van der Waals surface area contributed by atoms with E-state index >= 15 is 0 Å². The van der Waals surface area contributed by atoms with Gasteiger partial charge in [-0.05, 0) is 31.0 Å². The van der Waals surface area contributed by atoms with Gasteiger partial charge >= 0.3 is 11.9 Å². The molecule has 38 heavy (non-hydrogen) atoms. The van der Waals surface area contributed by atoms with E-state index in [2.05, 4.69) is 26.2 Å². The highest BCUT2D eigenvalue weighted by Crippen LogP contribution is 2.39. The molecule has 2 atom stereocenters. The molecule has 1 saturated heterocycles. The van der Waals surface area contributed by atoms with Crippen LogP contribution in [0.5, 0.6) is 0 Å². The molecule has 2 aliphatic rings. The van der Waals surface area contributed by atoms with Crippen LogP contribution in [0, 0.1) is 5.82 Å². The number of rotatable bonds is 9. The predicted molar refractivity (Wildman–Crippen MR) is 135 cm³/mol. The van der Waals surface area contributed by atoms with Crippen LogP contribution in [-0.2, 0) is 21.4 Å². The number of carboxylic acids is 1. The van der Waals surface area contributed by atoms with Crippen molar-refractivity contribution in [1.29, 1.82) is 0 Å². The number of aliphatic carboxylic acids is 1. The van der Waals surface area contributed by atoms with Crippen LogP contribution in [0.4, 0.5) is 13.2 Å². The molecule has 2 aliphatic heterocycles. The van der Waals surface area contributed by atoms with Crippen molar-refractivity contribution in [1.82, 2.24) is 19.8 Å². The summed E-state index contributed by atoms with van der Waals surface area (Å²) in [6, 6.07) is 2.30. The summed E-state index contributed by atoms with van der Waals surface area (Å²) in [5.41, 5.74) is 0.828. The predicted octanol–water partition coefficient (Wildman–Crippen LogP) is 3.80. The van der Waals surface area contributed by atoms with Crippen molar-refractivity contribution in [2.45, 2.75) is 44.2 Å². The molecule has 0 spiro atoms. The van der Waals surface area contributed by atoms with Crippen LogP contribution in [0.1, 0.15) is 43.6 Å². The third-order valence-corrected chi connectivity index (χ3v) is 7.14. The molecular formula is C25H27BrF3N5O4. The van der Waals surface area contributed by atoms with Crippen molar-refractivity contribution in [3.63, 3.8) is 0 Å². The standard InChI is InChI=1S/C25H27BrF3N5O4/c1-3-38-24(37)20-18(12-34-13-25(28,29)11-15(34)5-7-19(35)36)31-22(23-30-8-9-33(23)2)32-21(20)16-6-4-14(27)10-17(16)26/h4,6,8-10,15,21H,3,5,7,11-13H2,1-2H3,(H,31,32)(H,35,36)/t15-,21+/m1/s1. The summed E-state index contributed by atoms with van der Waals surface area (Å²) in [5.74, 6) is -4.57. The number of nitrogens with zero attached hydrogens (tertiary/aromatic N) is 4. The molecule has 0 saturated carbocycles. The van der Waals surface area contributed by atoms with E-state index in [0.717, 1.165) is 0 Å². The molecule has 1 fully saturated rings. The first-order valence-electron chi connectivity index (χ1n) is 12.0. The van der Waals surface area contributed by atoms with E-state index in [0.29, 0.717) is 15.9 Å². The van der Waals surface area contributed by atoms with Gasteiger partial charge in [0, 0.05) is 55.0 Å². The minimum atomic E-state index is -3.02. The van der Waals surface area contributed by atoms with Gasteiger partial charge in [0.05, 0.1) is 18.7 Å². The monoisotopic (exact) mass is 597 g/mol. The van der Waals surface area contributed by atoms with E-state index < -0.39 is 48.7 Å². The number of benzene rings is 1. The fraction of sp³-hybridized carbons (Fsp3) is 0.440. The van der Waals surface area contributed by atoms with Crippen LogP contribution in [-0.4, -0.2) is 69.0 Å². The highest BCUT2D eigenvalue weighted by molar-refractivity contribution is 9.10. The van der Waals surface area contributed by atoms with Gasteiger partial charge in [0.1, 0.15) is 11.9 Å². The number of likely N-dealkylation sites (tertiary alicyclic amines) is 1. The molecule has 0 unspecified atom stereocenters. The van der Waals surface area contributed by atoms with Gasteiger partial charge in [-0.15, -0.1) is 0 Å². The number of hydrogen-bond donors (Lipinski definition) is 2. The van der Waals surface area contributed by atoms with E-state index in [1.807, 2.05) is 0 Å². The van der Waals surface area contributed by atoms with Crippen LogP contribution >= 0.6 is 15.9 Å². The van der Waals surface area contributed by atoms with Crippen LogP contribution in [0.15, 0.2) is 51.3 Å². The topological polar surface area (TPSA) is 109 Å². The maximum atomic E-state index is 14.5. The van der Waals surface area contributed by atoms with E-state index in [-0.39, 0.29) is 43.1 Å². The largest absolute Gasteiger partial charge is 0.481 e. The molecular weight excluding hydrogens is 571 g/mol. The number of esters is 1. The Hall–Kier alpha value is -3.19. The zero-order valence-corrected chi connectivity index (χ0v) is 22.3. The van der Waals surface area contributed by atoms with Crippen LogP contribution < -0.4 is 5.32 Å². The second-order valence-corrected chi connectivity index (χ2v) is 10.1. The third kappa shape index (κ3) is 6.09. The number of carbonyl (C=O) groups excluding carboxylic acids is 1. The lowest BCUT2D eigenvalue weighted by Crippen LogP contribution is -2.42. The third-order valence-electron chi connectivity index (χ3n) is 6.45. The maximum Gasteiger partial charge on any atom is 0.338 e. The zero-order valence-electron chi connectivity index (χ0n) is 20.8. The molecule has 4 rings (SSSR count). The van der Waals surface area contributed by atoms with Gasteiger partial charge in [-0.1, -0.05) is 22.0 Å². The number of halogens is 4. The SMILES string of the molecule is CCOC(=O)C1=C(CN2CC(F)(F)C[C@H]2CCC(=O)O)NC(c2nccn2C)=N[C@H]1c1ccc(F)cc1Br. The number of aliphatic imine (C=N–C) groups is 1. The fourth-order valence-electron chi connectivity index (χ4n) is 4.75. The minimum Gasteiger partial charge on any atom is -0.481 e. The molecule has 0 amide bonds. The Morgan fingerprint density at radius 3 is 2.74 bits per heavy atom. The summed E-state index contributed by atoms with van der Waals surface area (Å²) in [6.07, 6.45) is 2.54. The van der Waals surface area contributed by atoms with Crippen LogP contribution in [0.3, 0.4) is 0 Å². The molecule has 13 heteroatoms. The van der Waals surface area contributed by atoms with Gasteiger partial charge in [-0.3, -0.25) is 14.7 Å². The molecule has 9 nitrogen and oxygen atoms in total. The van der Waals surface area contributed by atoms with Gasteiger partial charge in [0.15, 0.2) is 11.7 Å². The summed E-state index contributed by atoms with van der Waals surface area (Å²) in [7, 11) is 1.75. The lowest BCUT2D eigenvalue weighted by atomic mass is 9.95. The second kappa shape index (κ2) is 11.3. The Labute approximate surface area is 225 Å². The Bertz CT molecular complexity index is 1300. The number of nitrogens with one attached hydrogen (secondary N) is 1. The van der Waals surface area contributed by atoms with E-state index in [1.165, 1.54) is 23.1 Å². The first-order valence-corrected chi connectivity index (χ1v) is 12.8. The average Bonchev–Trinajstić information content (AvgIpc) is 3.38. The fourth-order valence-corrected chi connectivity index (χ4v) is 5.32. The molecule has 0 radical (unpaired) electrons. The number of aromatic nitrogens is 2. The number of carbonyl (C=O) groups is 2. The number of imidazole rings is 1.